The van der Waals surface area contributed by atoms with Crippen LogP contribution in [0.2, 0.25) is 0 Å². The summed E-state index contributed by atoms with van der Waals surface area (Å²) in [4.78, 5) is 0. The molecule has 1 aromatic carbocycles. The van der Waals surface area contributed by atoms with E-state index in [0.717, 1.165) is 12.0 Å². The van der Waals surface area contributed by atoms with Gasteiger partial charge in [0.15, 0.2) is 0 Å². The van der Waals surface area contributed by atoms with Gasteiger partial charge in [-0.15, -0.1) is 0 Å². The van der Waals surface area contributed by atoms with Gasteiger partial charge in [0.25, 0.3) is 0 Å². The highest BCUT2D eigenvalue weighted by Gasteiger charge is 2.05. The summed E-state index contributed by atoms with van der Waals surface area (Å²) in [6.07, 6.45) is 2.70. The molecule has 0 fully saturated rings. The molecular formula is C12H16O. The van der Waals surface area contributed by atoms with Crippen LogP contribution in [0, 0.1) is 5.92 Å². The van der Waals surface area contributed by atoms with Crippen molar-refractivity contribution >= 4 is 6.08 Å². The van der Waals surface area contributed by atoms with Gasteiger partial charge in [-0.05, 0) is 24.0 Å². The van der Waals surface area contributed by atoms with Crippen molar-refractivity contribution in [2.45, 2.75) is 20.3 Å². The van der Waals surface area contributed by atoms with Crippen molar-refractivity contribution in [2.24, 2.45) is 5.92 Å². The van der Waals surface area contributed by atoms with E-state index in [2.05, 4.69) is 20.4 Å². The fraction of sp³-hybridized carbons (Fsp3) is 0.333. The minimum atomic E-state index is 0.327. The molecule has 0 unspecified atom stereocenters. The van der Waals surface area contributed by atoms with Crippen molar-refractivity contribution < 1.29 is 5.11 Å². The standard InChI is InChI=1S/C12H16O/c1-4-11-10(8-9(2)3)6-5-7-12(11)13/h4-7,9,13H,1,8H2,2-3H3. The topological polar surface area (TPSA) is 20.2 Å². The summed E-state index contributed by atoms with van der Waals surface area (Å²) in [5, 5.41) is 9.53. The zero-order valence-corrected chi connectivity index (χ0v) is 8.25. The third kappa shape index (κ3) is 2.35. The maximum Gasteiger partial charge on any atom is 0.123 e. The lowest BCUT2D eigenvalue weighted by Crippen LogP contribution is -1.96. The van der Waals surface area contributed by atoms with Crippen LogP contribution in [0.3, 0.4) is 0 Å². The van der Waals surface area contributed by atoms with Crippen LogP contribution in [0.5, 0.6) is 5.75 Å². The molecule has 0 spiro atoms. The van der Waals surface area contributed by atoms with Crippen molar-refractivity contribution in [3.8, 4) is 5.75 Å². The maximum absolute atomic E-state index is 9.53. The molecule has 0 aliphatic rings. The summed E-state index contributed by atoms with van der Waals surface area (Å²) in [6, 6.07) is 5.61. The molecule has 0 saturated carbocycles. The second-order valence-corrected chi connectivity index (χ2v) is 3.65. The molecule has 0 aromatic heterocycles. The molecule has 70 valence electrons. The highest BCUT2D eigenvalue weighted by atomic mass is 16.3. The van der Waals surface area contributed by atoms with Gasteiger partial charge in [-0.2, -0.15) is 0 Å². The number of phenols is 1. The summed E-state index contributed by atoms with van der Waals surface area (Å²) in [7, 11) is 0. The van der Waals surface area contributed by atoms with Gasteiger partial charge < -0.3 is 5.11 Å². The lowest BCUT2D eigenvalue weighted by Gasteiger charge is -2.09. The average molecular weight is 176 g/mol. The summed E-state index contributed by atoms with van der Waals surface area (Å²) in [5.74, 6) is 0.925. The van der Waals surface area contributed by atoms with Crippen molar-refractivity contribution in [3.63, 3.8) is 0 Å². The first-order valence-electron chi connectivity index (χ1n) is 4.58. The first kappa shape index (κ1) is 9.85. The van der Waals surface area contributed by atoms with Crippen LogP contribution >= 0.6 is 0 Å². The van der Waals surface area contributed by atoms with Crippen LogP contribution in [-0.2, 0) is 6.42 Å². The first-order valence-corrected chi connectivity index (χ1v) is 4.58. The van der Waals surface area contributed by atoms with Crippen LogP contribution in [0.1, 0.15) is 25.0 Å². The van der Waals surface area contributed by atoms with Crippen LogP contribution in [0.15, 0.2) is 24.8 Å². The molecule has 1 rings (SSSR count). The van der Waals surface area contributed by atoms with Gasteiger partial charge in [0.05, 0.1) is 0 Å². The Balaban J connectivity index is 3.05. The Morgan fingerprint density at radius 2 is 2.15 bits per heavy atom. The largest absolute Gasteiger partial charge is 0.507 e. The smallest absolute Gasteiger partial charge is 0.123 e. The maximum atomic E-state index is 9.53. The molecule has 1 heteroatoms. The summed E-state index contributed by atoms with van der Waals surface area (Å²) in [6.45, 7) is 8.03. The Bertz CT molecular complexity index is 300. The average Bonchev–Trinajstić information content (AvgIpc) is 2.03. The highest BCUT2D eigenvalue weighted by molar-refractivity contribution is 5.59. The molecule has 0 heterocycles. The second-order valence-electron chi connectivity index (χ2n) is 3.65. The monoisotopic (exact) mass is 176 g/mol. The molecule has 13 heavy (non-hydrogen) atoms. The minimum absolute atomic E-state index is 0.327. The van der Waals surface area contributed by atoms with E-state index in [1.165, 1.54) is 5.56 Å². The predicted molar refractivity (Wildman–Crippen MR) is 56.7 cm³/mol. The quantitative estimate of drug-likeness (QED) is 0.749. The van der Waals surface area contributed by atoms with Gasteiger partial charge in [0.2, 0.25) is 0 Å². The Morgan fingerprint density at radius 1 is 1.46 bits per heavy atom. The van der Waals surface area contributed by atoms with Crippen molar-refractivity contribution in [3.05, 3.63) is 35.9 Å². The number of hydrogen-bond acceptors (Lipinski definition) is 1. The van der Waals surface area contributed by atoms with E-state index in [9.17, 15) is 5.11 Å². The second kappa shape index (κ2) is 4.13. The van der Waals surface area contributed by atoms with E-state index >= 15 is 0 Å². The van der Waals surface area contributed by atoms with E-state index in [4.69, 9.17) is 0 Å². The summed E-state index contributed by atoms with van der Waals surface area (Å²) >= 11 is 0. The number of phenolic OH excluding ortho intramolecular Hbond substituents is 1. The molecule has 0 saturated heterocycles. The summed E-state index contributed by atoms with van der Waals surface area (Å²) < 4.78 is 0. The van der Waals surface area contributed by atoms with Gasteiger partial charge in [-0.3, -0.25) is 0 Å². The number of hydrogen-bond donors (Lipinski definition) is 1. The molecule has 1 N–H and O–H groups in total. The fourth-order valence-corrected chi connectivity index (χ4v) is 1.45. The fourth-order valence-electron chi connectivity index (χ4n) is 1.45. The van der Waals surface area contributed by atoms with Crippen LogP contribution in [-0.4, -0.2) is 5.11 Å². The lowest BCUT2D eigenvalue weighted by molar-refractivity contribution is 0.472. The van der Waals surface area contributed by atoms with Gasteiger partial charge in [0, 0.05) is 5.56 Å². The van der Waals surface area contributed by atoms with Gasteiger partial charge in [-0.25, -0.2) is 0 Å². The molecule has 0 amide bonds. The van der Waals surface area contributed by atoms with E-state index in [0.29, 0.717) is 11.7 Å². The van der Waals surface area contributed by atoms with Crippen LogP contribution in [0.25, 0.3) is 6.08 Å². The lowest BCUT2D eigenvalue weighted by atomic mass is 9.97. The van der Waals surface area contributed by atoms with Crippen LogP contribution < -0.4 is 0 Å². The van der Waals surface area contributed by atoms with Gasteiger partial charge in [-0.1, -0.05) is 38.6 Å². The van der Waals surface area contributed by atoms with Crippen molar-refractivity contribution in [1.82, 2.24) is 0 Å². The highest BCUT2D eigenvalue weighted by Crippen LogP contribution is 2.24. The van der Waals surface area contributed by atoms with E-state index in [1.807, 2.05) is 12.1 Å². The van der Waals surface area contributed by atoms with Gasteiger partial charge in [0.1, 0.15) is 5.75 Å². The zero-order chi connectivity index (χ0) is 9.84. The number of aromatic hydroxyl groups is 1. The van der Waals surface area contributed by atoms with Crippen LogP contribution in [0.4, 0.5) is 0 Å². The predicted octanol–water partition coefficient (Wildman–Crippen LogP) is 3.23. The molecular weight excluding hydrogens is 160 g/mol. The van der Waals surface area contributed by atoms with E-state index < -0.39 is 0 Å². The normalized spacial score (nSPS) is 10.4. The Labute approximate surface area is 79.7 Å². The van der Waals surface area contributed by atoms with Gasteiger partial charge >= 0.3 is 0 Å². The number of rotatable bonds is 3. The molecule has 0 aliphatic carbocycles. The SMILES string of the molecule is C=Cc1c(O)cccc1CC(C)C. The van der Waals surface area contributed by atoms with E-state index in [1.54, 1.807) is 12.1 Å². The Hall–Kier alpha value is -1.24. The third-order valence-corrected chi connectivity index (χ3v) is 2.01. The first-order chi connectivity index (χ1) is 6.15. The molecule has 1 aromatic rings. The van der Waals surface area contributed by atoms with Crippen molar-refractivity contribution in [2.75, 3.05) is 0 Å². The molecule has 0 atom stereocenters. The number of benzene rings is 1. The third-order valence-electron chi connectivity index (χ3n) is 2.01. The zero-order valence-electron chi connectivity index (χ0n) is 8.25. The molecule has 0 radical (unpaired) electrons. The molecule has 0 aliphatic heterocycles. The minimum Gasteiger partial charge on any atom is -0.507 e. The molecule has 1 nitrogen and oxygen atoms in total. The Morgan fingerprint density at radius 3 is 2.69 bits per heavy atom. The van der Waals surface area contributed by atoms with E-state index in [-0.39, 0.29) is 0 Å². The van der Waals surface area contributed by atoms with Crippen molar-refractivity contribution in [1.29, 1.82) is 0 Å². The summed E-state index contributed by atoms with van der Waals surface area (Å²) in [5.41, 5.74) is 2.04. The Kier molecular flexibility index (Phi) is 3.13. The molecule has 0 bridgehead atoms.